The van der Waals surface area contributed by atoms with Gasteiger partial charge in [-0.15, -0.1) is 0 Å². The standard InChI is InChI=1S/C14H26N4/c1-4-18-10-9-16-14(18)11-17(3)13-7-5-12(15-2)6-8-13/h9-10,12-13,15H,4-8,11H2,1-3H3. The van der Waals surface area contributed by atoms with Crippen LogP contribution in [-0.2, 0) is 13.1 Å². The first-order valence-electron chi connectivity index (χ1n) is 7.12. The van der Waals surface area contributed by atoms with Crippen LogP contribution in [0.5, 0.6) is 0 Å². The Labute approximate surface area is 110 Å². The molecule has 0 radical (unpaired) electrons. The molecule has 0 aromatic carbocycles. The van der Waals surface area contributed by atoms with Gasteiger partial charge in [-0.2, -0.15) is 0 Å². The van der Waals surface area contributed by atoms with E-state index in [1.807, 2.05) is 6.20 Å². The average Bonchev–Trinajstić information content (AvgIpc) is 2.86. The maximum absolute atomic E-state index is 4.46. The van der Waals surface area contributed by atoms with Crippen molar-refractivity contribution in [1.29, 1.82) is 0 Å². The van der Waals surface area contributed by atoms with Gasteiger partial charge >= 0.3 is 0 Å². The van der Waals surface area contributed by atoms with Crippen LogP contribution in [0, 0.1) is 0 Å². The Balaban J connectivity index is 1.87. The van der Waals surface area contributed by atoms with E-state index in [0.29, 0.717) is 0 Å². The van der Waals surface area contributed by atoms with Gasteiger partial charge in [0.15, 0.2) is 0 Å². The molecule has 0 atom stereocenters. The monoisotopic (exact) mass is 250 g/mol. The molecule has 0 saturated heterocycles. The lowest BCUT2D eigenvalue weighted by Crippen LogP contribution is -2.39. The molecule has 0 spiro atoms. The second-order valence-electron chi connectivity index (χ2n) is 5.34. The summed E-state index contributed by atoms with van der Waals surface area (Å²) in [5.41, 5.74) is 0. The zero-order valence-electron chi connectivity index (χ0n) is 11.9. The largest absolute Gasteiger partial charge is 0.334 e. The van der Waals surface area contributed by atoms with Gasteiger partial charge in [0, 0.05) is 31.0 Å². The van der Waals surface area contributed by atoms with E-state index < -0.39 is 0 Å². The van der Waals surface area contributed by atoms with E-state index in [4.69, 9.17) is 0 Å². The fourth-order valence-electron chi connectivity index (χ4n) is 2.94. The molecule has 0 aliphatic heterocycles. The molecular formula is C14H26N4. The van der Waals surface area contributed by atoms with Gasteiger partial charge in [-0.1, -0.05) is 0 Å². The van der Waals surface area contributed by atoms with Gasteiger partial charge in [0.1, 0.15) is 5.82 Å². The molecule has 102 valence electrons. The van der Waals surface area contributed by atoms with Gasteiger partial charge in [0.25, 0.3) is 0 Å². The molecule has 1 N–H and O–H groups in total. The summed E-state index contributed by atoms with van der Waals surface area (Å²) in [6.07, 6.45) is 9.18. The first-order valence-corrected chi connectivity index (χ1v) is 7.12. The SMILES string of the molecule is CCn1ccnc1CN(C)C1CCC(NC)CC1. The number of nitrogens with zero attached hydrogens (tertiary/aromatic N) is 3. The lowest BCUT2D eigenvalue weighted by Gasteiger charge is -2.34. The topological polar surface area (TPSA) is 33.1 Å². The van der Waals surface area contributed by atoms with Crippen LogP contribution in [0.3, 0.4) is 0 Å². The molecule has 18 heavy (non-hydrogen) atoms. The summed E-state index contributed by atoms with van der Waals surface area (Å²) in [7, 11) is 4.31. The van der Waals surface area contributed by atoms with Crippen molar-refractivity contribution < 1.29 is 0 Å². The summed E-state index contributed by atoms with van der Waals surface area (Å²) in [6.45, 7) is 4.15. The molecule has 1 aliphatic carbocycles. The third-order valence-electron chi connectivity index (χ3n) is 4.26. The lowest BCUT2D eigenvalue weighted by molar-refractivity contribution is 0.165. The van der Waals surface area contributed by atoms with Crippen molar-refractivity contribution in [1.82, 2.24) is 19.8 Å². The van der Waals surface area contributed by atoms with E-state index in [1.165, 1.54) is 31.5 Å². The number of aromatic nitrogens is 2. The van der Waals surface area contributed by atoms with Crippen LogP contribution in [0.1, 0.15) is 38.4 Å². The Morgan fingerprint density at radius 2 is 2.11 bits per heavy atom. The van der Waals surface area contributed by atoms with E-state index in [1.54, 1.807) is 0 Å². The van der Waals surface area contributed by atoms with Crippen LogP contribution in [0.2, 0.25) is 0 Å². The summed E-state index contributed by atoms with van der Waals surface area (Å²) < 4.78 is 2.23. The number of imidazole rings is 1. The number of nitrogens with one attached hydrogen (secondary N) is 1. The van der Waals surface area contributed by atoms with Gasteiger partial charge in [-0.25, -0.2) is 4.98 Å². The molecule has 0 unspecified atom stereocenters. The lowest BCUT2D eigenvalue weighted by atomic mass is 9.90. The number of hydrogen-bond donors (Lipinski definition) is 1. The molecule has 4 nitrogen and oxygen atoms in total. The smallest absolute Gasteiger partial charge is 0.122 e. The predicted molar refractivity (Wildman–Crippen MR) is 74.5 cm³/mol. The molecule has 2 rings (SSSR count). The highest BCUT2D eigenvalue weighted by Gasteiger charge is 2.23. The van der Waals surface area contributed by atoms with Crippen molar-refractivity contribution in [2.24, 2.45) is 0 Å². The van der Waals surface area contributed by atoms with E-state index in [0.717, 1.165) is 25.2 Å². The van der Waals surface area contributed by atoms with Crippen molar-refractivity contribution in [3.05, 3.63) is 18.2 Å². The molecule has 1 aliphatic rings. The summed E-state index contributed by atoms with van der Waals surface area (Å²) in [4.78, 5) is 6.93. The minimum Gasteiger partial charge on any atom is -0.334 e. The highest BCUT2D eigenvalue weighted by Crippen LogP contribution is 2.23. The van der Waals surface area contributed by atoms with Crippen LogP contribution < -0.4 is 5.32 Å². The molecule has 1 aromatic rings. The fraction of sp³-hybridized carbons (Fsp3) is 0.786. The van der Waals surface area contributed by atoms with Crippen molar-refractivity contribution in [2.45, 2.75) is 57.8 Å². The Morgan fingerprint density at radius 1 is 1.39 bits per heavy atom. The van der Waals surface area contributed by atoms with Gasteiger partial charge < -0.3 is 9.88 Å². The van der Waals surface area contributed by atoms with Gasteiger partial charge in [0.2, 0.25) is 0 Å². The maximum Gasteiger partial charge on any atom is 0.122 e. The molecule has 1 saturated carbocycles. The molecule has 4 heteroatoms. The molecule has 1 heterocycles. The first-order chi connectivity index (χ1) is 8.74. The number of hydrogen-bond acceptors (Lipinski definition) is 3. The normalized spacial score (nSPS) is 24.7. The highest BCUT2D eigenvalue weighted by molar-refractivity contribution is 4.93. The first kappa shape index (κ1) is 13.6. The zero-order chi connectivity index (χ0) is 13.0. The third-order valence-corrected chi connectivity index (χ3v) is 4.26. The second kappa shape index (κ2) is 6.34. The van der Waals surface area contributed by atoms with Crippen molar-refractivity contribution in [2.75, 3.05) is 14.1 Å². The Bertz CT molecular complexity index is 352. The summed E-state index contributed by atoms with van der Waals surface area (Å²) >= 11 is 0. The van der Waals surface area contributed by atoms with E-state index in [-0.39, 0.29) is 0 Å². The van der Waals surface area contributed by atoms with Gasteiger partial charge in [0.05, 0.1) is 6.54 Å². The van der Waals surface area contributed by atoms with Crippen LogP contribution in [0.4, 0.5) is 0 Å². The van der Waals surface area contributed by atoms with Crippen molar-refractivity contribution >= 4 is 0 Å². The van der Waals surface area contributed by atoms with Crippen LogP contribution in [0.15, 0.2) is 12.4 Å². The fourth-order valence-corrected chi connectivity index (χ4v) is 2.94. The number of aryl methyl sites for hydroxylation is 1. The number of rotatable bonds is 5. The minimum atomic E-state index is 0.719. The van der Waals surface area contributed by atoms with Crippen molar-refractivity contribution in [3.8, 4) is 0 Å². The zero-order valence-corrected chi connectivity index (χ0v) is 11.9. The van der Waals surface area contributed by atoms with Gasteiger partial charge in [-0.3, -0.25) is 4.90 Å². The van der Waals surface area contributed by atoms with Crippen LogP contribution in [0.25, 0.3) is 0 Å². The summed E-state index contributed by atoms with van der Waals surface area (Å²) in [5.74, 6) is 1.19. The van der Waals surface area contributed by atoms with E-state index in [2.05, 4.69) is 47.0 Å². The molecule has 0 bridgehead atoms. The predicted octanol–water partition coefficient (Wildman–Crippen LogP) is 1.87. The Kier molecular flexibility index (Phi) is 4.78. The Hall–Kier alpha value is -0.870. The van der Waals surface area contributed by atoms with E-state index >= 15 is 0 Å². The summed E-state index contributed by atoms with van der Waals surface area (Å²) in [6, 6.07) is 1.45. The maximum atomic E-state index is 4.46. The molecule has 1 fully saturated rings. The second-order valence-corrected chi connectivity index (χ2v) is 5.34. The molecule has 0 amide bonds. The Morgan fingerprint density at radius 3 is 2.72 bits per heavy atom. The van der Waals surface area contributed by atoms with Crippen molar-refractivity contribution in [3.63, 3.8) is 0 Å². The van der Waals surface area contributed by atoms with Crippen LogP contribution in [-0.4, -0.2) is 40.6 Å². The van der Waals surface area contributed by atoms with E-state index in [9.17, 15) is 0 Å². The quantitative estimate of drug-likeness (QED) is 0.866. The average molecular weight is 250 g/mol. The molecule has 1 aromatic heterocycles. The summed E-state index contributed by atoms with van der Waals surface area (Å²) in [5, 5.41) is 3.39. The minimum absolute atomic E-state index is 0.719. The molecular weight excluding hydrogens is 224 g/mol. The van der Waals surface area contributed by atoms with Crippen LogP contribution >= 0.6 is 0 Å². The van der Waals surface area contributed by atoms with Gasteiger partial charge in [-0.05, 0) is 46.7 Å². The third kappa shape index (κ3) is 3.12. The highest BCUT2D eigenvalue weighted by atomic mass is 15.2.